The molecular weight excluding hydrogens is 352 g/mol. The molecule has 0 atom stereocenters. The molecule has 1 aliphatic rings. The fourth-order valence-corrected chi connectivity index (χ4v) is 3.69. The summed E-state index contributed by atoms with van der Waals surface area (Å²) in [5.74, 6) is -0.0807. The number of rotatable bonds is 5. The average molecular weight is 385 g/mol. The third kappa shape index (κ3) is 4.37. The molecule has 0 saturated heterocycles. The molecule has 1 fully saturated rings. The first-order chi connectivity index (χ1) is 12.9. The maximum atomic E-state index is 12.7. The zero-order chi connectivity index (χ0) is 20.7. The first-order valence-electron chi connectivity index (χ1n) is 10.0. The van der Waals surface area contributed by atoms with Gasteiger partial charge in [-0.25, -0.2) is 4.98 Å². The van der Waals surface area contributed by atoms with Crippen molar-refractivity contribution in [2.24, 2.45) is 5.41 Å². The van der Waals surface area contributed by atoms with Crippen LogP contribution >= 0.6 is 0 Å². The van der Waals surface area contributed by atoms with E-state index in [1.54, 1.807) is 0 Å². The largest absolute Gasteiger partial charge is 0.350 e. The van der Waals surface area contributed by atoms with Crippen LogP contribution < -0.4 is 10.6 Å². The van der Waals surface area contributed by atoms with Crippen LogP contribution in [0.25, 0.3) is 11.0 Å². The molecule has 1 saturated carbocycles. The molecule has 6 heteroatoms. The van der Waals surface area contributed by atoms with E-state index in [1.165, 1.54) is 0 Å². The first-order valence-corrected chi connectivity index (χ1v) is 10.0. The minimum absolute atomic E-state index is 0.119. The van der Waals surface area contributed by atoms with Crippen LogP contribution in [-0.4, -0.2) is 32.9 Å². The van der Waals surface area contributed by atoms with Gasteiger partial charge in [-0.05, 0) is 71.6 Å². The number of aromatic nitrogens is 2. The average Bonchev–Trinajstić information content (AvgIpc) is 2.98. The molecule has 0 radical (unpaired) electrons. The van der Waals surface area contributed by atoms with Gasteiger partial charge in [-0.2, -0.15) is 0 Å². The maximum Gasteiger partial charge on any atom is 0.270 e. The van der Waals surface area contributed by atoms with Gasteiger partial charge < -0.3 is 15.6 Å². The smallest absolute Gasteiger partial charge is 0.270 e. The van der Waals surface area contributed by atoms with Crippen molar-refractivity contribution in [1.29, 1.82) is 0 Å². The number of aromatic amines is 1. The van der Waals surface area contributed by atoms with Gasteiger partial charge in [0.1, 0.15) is 11.3 Å². The van der Waals surface area contributed by atoms with E-state index in [-0.39, 0.29) is 22.8 Å². The quantitative estimate of drug-likeness (QED) is 0.734. The van der Waals surface area contributed by atoms with Crippen LogP contribution in [0.4, 0.5) is 0 Å². The van der Waals surface area contributed by atoms with E-state index in [9.17, 15) is 9.59 Å². The lowest BCUT2D eigenvalue weighted by Crippen LogP contribution is -2.52. The lowest BCUT2D eigenvalue weighted by Gasteiger charge is -2.40. The number of fused-ring (bicyclic) bond motifs is 1. The zero-order valence-corrected chi connectivity index (χ0v) is 17.8. The lowest BCUT2D eigenvalue weighted by atomic mass is 9.69. The predicted molar refractivity (Wildman–Crippen MR) is 111 cm³/mol. The Labute approximate surface area is 166 Å². The molecule has 2 heterocycles. The van der Waals surface area contributed by atoms with Crippen molar-refractivity contribution in [2.75, 3.05) is 0 Å². The Morgan fingerprint density at radius 2 is 1.86 bits per heavy atom. The van der Waals surface area contributed by atoms with Crippen molar-refractivity contribution >= 4 is 22.8 Å². The Kier molecular flexibility index (Phi) is 5.02. The molecule has 0 bridgehead atoms. The number of nitrogens with one attached hydrogen (secondary N) is 3. The van der Waals surface area contributed by atoms with Gasteiger partial charge in [-0.3, -0.25) is 9.59 Å². The molecule has 0 aliphatic heterocycles. The number of pyridine rings is 1. The van der Waals surface area contributed by atoms with Crippen molar-refractivity contribution in [1.82, 2.24) is 20.6 Å². The van der Waals surface area contributed by atoms with Crippen LogP contribution in [0, 0.1) is 5.41 Å². The minimum atomic E-state index is -0.432. The summed E-state index contributed by atoms with van der Waals surface area (Å²) >= 11 is 0. The number of H-pyrrole nitrogens is 1. The molecule has 3 N–H and O–H groups in total. The molecule has 0 spiro atoms. The second-order valence-corrected chi connectivity index (χ2v) is 10.0. The fraction of sp³-hybridized carbons (Fsp3) is 0.591. The zero-order valence-electron chi connectivity index (χ0n) is 17.8. The molecule has 3 rings (SSSR count). The van der Waals surface area contributed by atoms with Crippen LogP contribution in [0.2, 0.25) is 0 Å². The highest BCUT2D eigenvalue weighted by atomic mass is 16.2. The summed E-state index contributed by atoms with van der Waals surface area (Å²) in [7, 11) is 0. The summed E-state index contributed by atoms with van der Waals surface area (Å²) in [5.41, 5.74) is 1.05. The van der Waals surface area contributed by atoms with Crippen LogP contribution in [-0.2, 0) is 11.2 Å². The van der Waals surface area contributed by atoms with Crippen LogP contribution in [0.1, 0.15) is 76.9 Å². The number of hydrogen-bond donors (Lipinski definition) is 3. The van der Waals surface area contributed by atoms with Gasteiger partial charge >= 0.3 is 0 Å². The highest BCUT2D eigenvalue weighted by molar-refractivity contribution is 5.95. The van der Waals surface area contributed by atoms with E-state index in [0.29, 0.717) is 17.8 Å². The fourth-order valence-electron chi connectivity index (χ4n) is 3.69. The number of nitrogens with zero attached hydrogens (tertiary/aromatic N) is 1. The number of amides is 2. The molecule has 2 aromatic rings. The van der Waals surface area contributed by atoms with Crippen molar-refractivity contribution in [3.63, 3.8) is 0 Å². The third-order valence-corrected chi connectivity index (χ3v) is 5.43. The highest BCUT2D eigenvalue weighted by Crippen LogP contribution is 2.40. The van der Waals surface area contributed by atoms with Crippen molar-refractivity contribution < 1.29 is 9.59 Å². The van der Waals surface area contributed by atoms with E-state index in [2.05, 4.69) is 20.6 Å². The molecular formula is C22H32N4O2. The van der Waals surface area contributed by atoms with Gasteiger partial charge in [-0.1, -0.05) is 13.3 Å². The lowest BCUT2D eigenvalue weighted by molar-refractivity contribution is -0.136. The minimum Gasteiger partial charge on any atom is -0.350 e. The van der Waals surface area contributed by atoms with Crippen molar-refractivity contribution in [2.45, 2.75) is 78.3 Å². The SMILES string of the molecule is CC(C)(C)NC(=O)c1cc(CC(C)(C)NC(=O)C2(C)CCC2)c2cc[nH]c2n1. The number of carbonyl (C=O) groups excluding carboxylic acids is 2. The van der Waals surface area contributed by atoms with Gasteiger partial charge in [0.15, 0.2) is 0 Å². The van der Waals surface area contributed by atoms with E-state index in [0.717, 1.165) is 30.2 Å². The Balaban J connectivity index is 1.86. The van der Waals surface area contributed by atoms with Gasteiger partial charge in [0.25, 0.3) is 5.91 Å². The van der Waals surface area contributed by atoms with Gasteiger partial charge in [0.05, 0.1) is 0 Å². The molecule has 0 aromatic carbocycles. The van der Waals surface area contributed by atoms with Gasteiger partial charge in [0.2, 0.25) is 5.91 Å². The van der Waals surface area contributed by atoms with Crippen molar-refractivity contribution in [3.8, 4) is 0 Å². The molecule has 152 valence electrons. The van der Waals surface area contributed by atoms with E-state index in [1.807, 2.05) is 59.9 Å². The van der Waals surface area contributed by atoms with Crippen LogP contribution in [0.5, 0.6) is 0 Å². The predicted octanol–water partition coefficient (Wildman–Crippen LogP) is 3.72. The summed E-state index contributed by atoms with van der Waals surface area (Å²) < 4.78 is 0. The van der Waals surface area contributed by atoms with E-state index in [4.69, 9.17) is 0 Å². The molecule has 0 unspecified atom stereocenters. The van der Waals surface area contributed by atoms with Crippen LogP contribution in [0.3, 0.4) is 0 Å². The Morgan fingerprint density at radius 1 is 1.18 bits per heavy atom. The van der Waals surface area contributed by atoms with Crippen molar-refractivity contribution in [3.05, 3.63) is 29.6 Å². The summed E-state index contributed by atoms with van der Waals surface area (Å²) in [4.78, 5) is 32.9. The summed E-state index contributed by atoms with van der Waals surface area (Å²) in [6, 6.07) is 3.81. The first kappa shape index (κ1) is 20.4. The molecule has 2 aromatic heterocycles. The summed E-state index contributed by atoms with van der Waals surface area (Å²) in [6.07, 6.45) is 5.45. The van der Waals surface area contributed by atoms with Gasteiger partial charge in [0, 0.05) is 28.1 Å². The van der Waals surface area contributed by atoms with Gasteiger partial charge in [-0.15, -0.1) is 0 Å². The highest BCUT2D eigenvalue weighted by Gasteiger charge is 2.41. The second-order valence-electron chi connectivity index (χ2n) is 10.0. The molecule has 1 aliphatic carbocycles. The Bertz CT molecular complexity index is 901. The molecule has 6 nitrogen and oxygen atoms in total. The topological polar surface area (TPSA) is 86.9 Å². The normalized spacial score (nSPS) is 16.5. The second kappa shape index (κ2) is 6.90. The van der Waals surface area contributed by atoms with Crippen LogP contribution in [0.15, 0.2) is 18.3 Å². The summed E-state index contributed by atoms with van der Waals surface area (Å²) in [6.45, 7) is 11.9. The standard InChI is InChI=1S/C22H32N4O2/c1-20(2,3)25-18(27)16-12-14(15-8-11-23-17(15)24-16)13-21(4,5)26-19(28)22(6)9-7-10-22/h8,11-12H,7,9-10,13H2,1-6H3,(H,23,24)(H,25,27)(H,26,28). The Hall–Kier alpha value is -2.37. The number of hydrogen-bond acceptors (Lipinski definition) is 3. The monoisotopic (exact) mass is 384 g/mol. The third-order valence-electron chi connectivity index (χ3n) is 5.43. The number of carbonyl (C=O) groups is 2. The maximum absolute atomic E-state index is 12.7. The van der Waals surface area contributed by atoms with E-state index < -0.39 is 5.54 Å². The Morgan fingerprint density at radius 3 is 2.43 bits per heavy atom. The molecule has 28 heavy (non-hydrogen) atoms. The summed E-state index contributed by atoms with van der Waals surface area (Å²) in [5, 5.41) is 7.16. The van der Waals surface area contributed by atoms with E-state index >= 15 is 0 Å². The molecule has 2 amide bonds.